The summed E-state index contributed by atoms with van der Waals surface area (Å²) >= 11 is 0. The molecule has 6 nitrogen and oxygen atoms in total. The number of hydrogen-bond donors (Lipinski definition) is 4. The first-order valence-electron chi connectivity index (χ1n) is 5.36. The molecular formula is C12H15NO5. The Hall–Kier alpha value is -1.92. The molecule has 1 aromatic rings. The molecule has 0 saturated heterocycles. The summed E-state index contributed by atoms with van der Waals surface area (Å²) in [7, 11) is 0. The largest absolute Gasteiger partial charge is 0.478 e. The lowest BCUT2D eigenvalue weighted by atomic mass is 9.98. The number of carbonyl (C=O) groups excluding carboxylic acids is 1. The van der Waals surface area contributed by atoms with Crippen molar-refractivity contribution >= 4 is 11.9 Å². The maximum absolute atomic E-state index is 11.0. The van der Waals surface area contributed by atoms with Gasteiger partial charge in [0, 0.05) is 13.5 Å². The average molecular weight is 253 g/mol. The first kappa shape index (κ1) is 14.1. The van der Waals surface area contributed by atoms with Gasteiger partial charge in [0.05, 0.1) is 5.56 Å². The number of carboxylic acids is 1. The van der Waals surface area contributed by atoms with Gasteiger partial charge in [0.15, 0.2) is 0 Å². The third-order valence-electron chi connectivity index (χ3n) is 2.43. The van der Waals surface area contributed by atoms with E-state index in [1.807, 2.05) is 0 Å². The van der Waals surface area contributed by atoms with Crippen molar-refractivity contribution in [3.63, 3.8) is 0 Å². The predicted molar refractivity (Wildman–Crippen MR) is 63.1 cm³/mol. The Labute approximate surface area is 104 Å². The van der Waals surface area contributed by atoms with Crippen LogP contribution < -0.4 is 5.32 Å². The monoisotopic (exact) mass is 253 g/mol. The molecule has 1 rings (SSSR count). The summed E-state index contributed by atoms with van der Waals surface area (Å²) in [5, 5.41) is 30.8. The molecule has 6 heteroatoms. The standard InChI is InChI=1S/C12H15NO5/c1-7(14)13-6-10(15)11(16)8-4-2-3-5-9(8)12(17)18/h2-5,10-11,15-16H,6H2,1H3,(H,13,14)(H,17,18). The zero-order chi connectivity index (χ0) is 13.7. The highest BCUT2D eigenvalue weighted by Gasteiger charge is 2.23. The van der Waals surface area contributed by atoms with Crippen LogP contribution in [-0.4, -0.2) is 39.8 Å². The van der Waals surface area contributed by atoms with Gasteiger partial charge in [0.25, 0.3) is 0 Å². The van der Waals surface area contributed by atoms with Crippen LogP contribution in [0.4, 0.5) is 0 Å². The lowest BCUT2D eigenvalue weighted by molar-refractivity contribution is -0.119. The number of amides is 1. The zero-order valence-corrected chi connectivity index (χ0v) is 9.83. The fraction of sp³-hybridized carbons (Fsp3) is 0.333. The summed E-state index contributed by atoms with van der Waals surface area (Å²) in [6.45, 7) is 1.13. The van der Waals surface area contributed by atoms with Crippen molar-refractivity contribution in [2.24, 2.45) is 0 Å². The van der Waals surface area contributed by atoms with E-state index in [4.69, 9.17) is 5.11 Å². The molecule has 0 aliphatic heterocycles. The number of carboxylic acid groups (broad SMARTS) is 1. The van der Waals surface area contributed by atoms with E-state index < -0.39 is 18.2 Å². The van der Waals surface area contributed by atoms with Crippen LogP contribution in [-0.2, 0) is 4.79 Å². The van der Waals surface area contributed by atoms with Gasteiger partial charge in [-0.1, -0.05) is 18.2 Å². The maximum Gasteiger partial charge on any atom is 0.336 e. The van der Waals surface area contributed by atoms with E-state index >= 15 is 0 Å². The molecule has 0 saturated carbocycles. The SMILES string of the molecule is CC(=O)NCC(O)C(O)c1ccccc1C(=O)O. The number of nitrogens with one attached hydrogen (secondary N) is 1. The number of aliphatic hydroxyl groups is 2. The van der Waals surface area contributed by atoms with Crippen molar-refractivity contribution in [1.29, 1.82) is 0 Å². The first-order valence-corrected chi connectivity index (χ1v) is 5.36. The van der Waals surface area contributed by atoms with E-state index in [0.29, 0.717) is 0 Å². The van der Waals surface area contributed by atoms with Crippen LogP contribution >= 0.6 is 0 Å². The lowest BCUT2D eigenvalue weighted by Gasteiger charge is -2.19. The summed E-state index contributed by atoms with van der Waals surface area (Å²) in [6, 6.07) is 5.85. The lowest BCUT2D eigenvalue weighted by Crippen LogP contribution is -2.34. The molecule has 0 fully saturated rings. The van der Waals surface area contributed by atoms with Crippen LogP contribution in [0.1, 0.15) is 28.9 Å². The van der Waals surface area contributed by atoms with E-state index in [1.54, 1.807) is 6.07 Å². The molecule has 0 aliphatic carbocycles. The Morgan fingerprint density at radius 3 is 2.44 bits per heavy atom. The minimum atomic E-state index is -1.37. The highest BCUT2D eigenvalue weighted by molar-refractivity contribution is 5.89. The van der Waals surface area contributed by atoms with Crippen LogP contribution in [0.25, 0.3) is 0 Å². The Morgan fingerprint density at radius 1 is 1.28 bits per heavy atom. The van der Waals surface area contributed by atoms with Gasteiger partial charge in [0.1, 0.15) is 12.2 Å². The van der Waals surface area contributed by atoms with Gasteiger partial charge in [-0.15, -0.1) is 0 Å². The number of aromatic carboxylic acids is 1. The molecule has 4 N–H and O–H groups in total. The highest BCUT2D eigenvalue weighted by Crippen LogP contribution is 2.21. The first-order chi connectivity index (χ1) is 8.43. The number of aliphatic hydroxyl groups excluding tert-OH is 2. The molecule has 0 heterocycles. The van der Waals surface area contributed by atoms with Gasteiger partial charge < -0.3 is 20.6 Å². The highest BCUT2D eigenvalue weighted by atomic mass is 16.4. The van der Waals surface area contributed by atoms with E-state index in [-0.39, 0.29) is 23.6 Å². The summed E-state index contributed by atoms with van der Waals surface area (Å²) in [6.07, 6.45) is -2.64. The topological polar surface area (TPSA) is 107 Å². The van der Waals surface area contributed by atoms with Gasteiger partial charge in [0.2, 0.25) is 5.91 Å². The minimum absolute atomic E-state index is 0.0770. The molecule has 18 heavy (non-hydrogen) atoms. The van der Waals surface area contributed by atoms with Crippen molar-refractivity contribution in [2.45, 2.75) is 19.1 Å². The molecule has 2 atom stereocenters. The van der Waals surface area contributed by atoms with E-state index in [0.717, 1.165) is 0 Å². The fourth-order valence-electron chi connectivity index (χ4n) is 1.52. The van der Waals surface area contributed by atoms with Gasteiger partial charge in [-0.25, -0.2) is 4.79 Å². The van der Waals surface area contributed by atoms with E-state index in [1.165, 1.54) is 25.1 Å². The van der Waals surface area contributed by atoms with Gasteiger partial charge >= 0.3 is 5.97 Å². The van der Waals surface area contributed by atoms with Crippen LogP contribution in [0, 0.1) is 0 Å². The predicted octanol–water partition coefficient (Wildman–Crippen LogP) is -0.0848. The minimum Gasteiger partial charge on any atom is -0.478 e. The molecule has 0 aromatic heterocycles. The summed E-state index contributed by atoms with van der Waals surface area (Å²) in [4.78, 5) is 21.6. The maximum atomic E-state index is 11.0. The molecule has 1 amide bonds. The molecule has 0 radical (unpaired) electrons. The smallest absolute Gasteiger partial charge is 0.336 e. The molecule has 0 aliphatic rings. The van der Waals surface area contributed by atoms with Crippen molar-refractivity contribution in [2.75, 3.05) is 6.54 Å². The van der Waals surface area contributed by atoms with Crippen LogP contribution in [0.2, 0.25) is 0 Å². The summed E-state index contributed by atoms with van der Waals surface area (Å²) in [5.74, 6) is -1.52. The Bertz CT molecular complexity index is 446. The molecular weight excluding hydrogens is 238 g/mol. The normalized spacial score (nSPS) is 13.7. The van der Waals surface area contributed by atoms with Crippen molar-refractivity contribution in [3.05, 3.63) is 35.4 Å². The molecule has 0 spiro atoms. The summed E-state index contributed by atoms with van der Waals surface area (Å²) in [5.41, 5.74) is 0.0368. The molecule has 1 aromatic carbocycles. The Balaban J connectivity index is 2.86. The van der Waals surface area contributed by atoms with E-state index in [2.05, 4.69) is 5.32 Å². The third kappa shape index (κ3) is 3.54. The quantitative estimate of drug-likeness (QED) is 0.587. The van der Waals surface area contributed by atoms with Crippen molar-refractivity contribution < 1.29 is 24.9 Å². The second-order valence-electron chi connectivity index (χ2n) is 3.84. The number of benzene rings is 1. The van der Waals surface area contributed by atoms with Crippen molar-refractivity contribution in [1.82, 2.24) is 5.32 Å². The molecule has 2 unspecified atom stereocenters. The van der Waals surface area contributed by atoms with Crippen LogP contribution in [0.15, 0.2) is 24.3 Å². The number of hydrogen-bond acceptors (Lipinski definition) is 4. The van der Waals surface area contributed by atoms with Gasteiger partial charge in [-0.3, -0.25) is 4.79 Å². The Kier molecular flexibility index (Phi) is 4.82. The fourth-order valence-corrected chi connectivity index (χ4v) is 1.52. The molecule has 98 valence electrons. The van der Waals surface area contributed by atoms with Crippen LogP contribution in [0.3, 0.4) is 0 Å². The zero-order valence-electron chi connectivity index (χ0n) is 9.83. The third-order valence-corrected chi connectivity index (χ3v) is 2.43. The average Bonchev–Trinajstić information content (AvgIpc) is 2.34. The second-order valence-corrected chi connectivity index (χ2v) is 3.84. The second kappa shape index (κ2) is 6.13. The van der Waals surface area contributed by atoms with Crippen molar-refractivity contribution in [3.8, 4) is 0 Å². The number of rotatable bonds is 5. The Morgan fingerprint density at radius 2 is 1.89 bits per heavy atom. The van der Waals surface area contributed by atoms with E-state index in [9.17, 15) is 19.8 Å². The number of carbonyl (C=O) groups is 2. The molecule has 0 bridgehead atoms. The van der Waals surface area contributed by atoms with Gasteiger partial charge in [-0.2, -0.15) is 0 Å². The van der Waals surface area contributed by atoms with Gasteiger partial charge in [-0.05, 0) is 11.6 Å². The summed E-state index contributed by atoms with van der Waals surface area (Å²) < 4.78 is 0. The van der Waals surface area contributed by atoms with Crippen LogP contribution in [0.5, 0.6) is 0 Å².